The molecule has 2 fully saturated rings. The number of anilines is 2. The van der Waals surface area contributed by atoms with Gasteiger partial charge < -0.3 is 14.2 Å². The molecule has 0 aromatic heterocycles. The summed E-state index contributed by atoms with van der Waals surface area (Å²) >= 11 is 0. The minimum atomic E-state index is -1.05. The maximum Gasteiger partial charge on any atom is 0.266 e. The van der Waals surface area contributed by atoms with Crippen LogP contribution < -0.4 is 24.2 Å². The Morgan fingerprint density at radius 1 is 0.806 bits per heavy atom. The molecule has 9 nitrogen and oxygen atoms in total. The SMILES string of the molecule is COc1ccc(C2C3C(=O)N(c4ccc(C#N)cc4)C(=O)C3ON2c2ccccc2)c(OC)c1OC. The van der Waals surface area contributed by atoms with E-state index in [4.69, 9.17) is 24.3 Å². The van der Waals surface area contributed by atoms with E-state index >= 15 is 0 Å². The van der Waals surface area contributed by atoms with E-state index in [1.165, 1.54) is 21.3 Å². The molecule has 0 N–H and O–H groups in total. The van der Waals surface area contributed by atoms with Crippen molar-refractivity contribution >= 4 is 23.2 Å². The van der Waals surface area contributed by atoms with Crippen LogP contribution in [0.25, 0.3) is 0 Å². The predicted molar refractivity (Wildman–Crippen MR) is 130 cm³/mol. The lowest BCUT2D eigenvalue weighted by atomic mass is 9.89. The third kappa shape index (κ3) is 3.51. The summed E-state index contributed by atoms with van der Waals surface area (Å²) in [6.45, 7) is 0. The van der Waals surface area contributed by atoms with E-state index in [2.05, 4.69) is 0 Å². The van der Waals surface area contributed by atoms with Gasteiger partial charge in [0.25, 0.3) is 5.91 Å². The van der Waals surface area contributed by atoms with Crippen LogP contribution in [-0.4, -0.2) is 39.2 Å². The summed E-state index contributed by atoms with van der Waals surface area (Å²) < 4.78 is 16.7. The number of amides is 2. The molecule has 3 aromatic rings. The molecule has 2 heterocycles. The average Bonchev–Trinajstić information content (AvgIpc) is 3.43. The maximum atomic E-state index is 13.8. The van der Waals surface area contributed by atoms with Crippen molar-refractivity contribution in [3.05, 3.63) is 77.9 Å². The molecule has 0 aliphatic carbocycles. The summed E-state index contributed by atoms with van der Waals surface area (Å²) in [4.78, 5) is 34.6. The normalized spacial score (nSPS) is 20.8. The molecule has 3 unspecified atom stereocenters. The highest BCUT2D eigenvalue weighted by molar-refractivity contribution is 6.24. The molecule has 2 aliphatic heterocycles. The standard InChI is InChI=1S/C27H23N3O6/c1-33-20-14-13-19(23(34-2)24(20)35-3)22-21-25(36-30(22)18-7-5-4-6-8-18)27(32)29(26(21)31)17-11-9-16(15-28)10-12-17/h4-14,21-22,25H,1-3H3. The van der Waals surface area contributed by atoms with Crippen molar-refractivity contribution in [1.82, 2.24) is 0 Å². The Kier molecular flexibility index (Phi) is 5.96. The minimum absolute atomic E-state index is 0.370. The van der Waals surface area contributed by atoms with Gasteiger partial charge in [0.15, 0.2) is 17.6 Å². The van der Waals surface area contributed by atoms with Gasteiger partial charge in [-0.3, -0.25) is 14.4 Å². The number of carbonyl (C=O) groups excluding carboxylic acids is 2. The lowest BCUT2D eigenvalue weighted by Crippen LogP contribution is -2.37. The zero-order valence-electron chi connectivity index (χ0n) is 19.9. The number of methoxy groups -OCH3 is 3. The van der Waals surface area contributed by atoms with Crippen LogP contribution in [0.4, 0.5) is 11.4 Å². The number of imide groups is 1. The lowest BCUT2D eigenvalue weighted by molar-refractivity contribution is -0.126. The van der Waals surface area contributed by atoms with Crippen molar-refractivity contribution in [3.63, 3.8) is 0 Å². The number of para-hydroxylation sites is 1. The second kappa shape index (κ2) is 9.24. The van der Waals surface area contributed by atoms with Crippen molar-refractivity contribution < 1.29 is 28.6 Å². The quantitative estimate of drug-likeness (QED) is 0.488. The molecule has 2 saturated heterocycles. The third-order valence-corrected chi connectivity index (χ3v) is 6.43. The number of rotatable bonds is 6. The van der Waals surface area contributed by atoms with Gasteiger partial charge in [-0.25, -0.2) is 9.96 Å². The van der Waals surface area contributed by atoms with E-state index < -0.39 is 29.9 Å². The van der Waals surface area contributed by atoms with Gasteiger partial charge >= 0.3 is 0 Å². The molecule has 0 saturated carbocycles. The van der Waals surface area contributed by atoms with Crippen LogP contribution >= 0.6 is 0 Å². The Labute approximate surface area is 207 Å². The topological polar surface area (TPSA) is 101 Å². The average molecular weight is 485 g/mol. The van der Waals surface area contributed by atoms with Gasteiger partial charge in [0, 0.05) is 5.56 Å². The van der Waals surface area contributed by atoms with E-state index in [-0.39, 0.29) is 0 Å². The highest BCUT2D eigenvalue weighted by atomic mass is 16.7. The molecular weight excluding hydrogens is 462 g/mol. The first-order valence-corrected chi connectivity index (χ1v) is 11.2. The highest BCUT2D eigenvalue weighted by Crippen LogP contribution is 2.52. The minimum Gasteiger partial charge on any atom is -0.493 e. The fraction of sp³-hybridized carbons (Fsp3) is 0.222. The first kappa shape index (κ1) is 23.2. The number of hydrogen-bond acceptors (Lipinski definition) is 8. The van der Waals surface area contributed by atoms with Gasteiger partial charge in [-0.05, 0) is 48.5 Å². The highest BCUT2D eigenvalue weighted by Gasteiger charge is 2.61. The number of nitriles is 1. The van der Waals surface area contributed by atoms with Crippen LogP contribution in [0, 0.1) is 17.2 Å². The second-order valence-corrected chi connectivity index (χ2v) is 8.25. The number of carbonyl (C=O) groups is 2. The summed E-state index contributed by atoms with van der Waals surface area (Å²) in [5.41, 5.74) is 2.09. The van der Waals surface area contributed by atoms with Crippen molar-refractivity contribution in [2.75, 3.05) is 31.3 Å². The van der Waals surface area contributed by atoms with Gasteiger partial charge in [0.05, 0.1) is 44.3 Å². The van der Waals surface area contributed by atoms with Crippen LogP contribution in [0.15, 0.2) is 66.7 Å². The Morgan fingerprint density at radius 2 is 1.50 bits per heavy atom. The first-order valence-electron chi connectivity index (χ1n) is 11.2. The van der Waals surface area contributed by atoms with Gasteiger partial charge in [-0.2, -0.15) is 5.26 Å². The molecular formula is C27H23N3O6. The Morgan fingerprint density at radius 3 is 2.11 bits per heavy atom. The summed E-state index contributed by atoms with van der Waals surface area (Å²) in [5, 5.41) is 10.7. The first-order chi connectivity index (χ1) is 17.5. The van der Waals surface area contributed by atoms with E-state index in [0.29, 0.717) is 39.8 Å². The van der Waals surface area contributed by atoms with E-state index in [0.717, 1.165) is 4.90 Å². The number of hydroxylamine groups is 1. The van der Waals surface area contributed by atoms with Crippen molar-refractivity contribution in [2.24, 2.45) is 5.92 Å². The monoisotopic (exact) mass is 485 g/mol. The molecule has 182 valence electrons. The van der Waals surface area contributed by atoms with Crippen molar-refractivity contribution in [2.45, 2.75) is 12.1 Å². The van der Waals surface area contributed by atoms with Crippen molar-refractivity contribution in [3.8, 4) is 23.3 Å². The molecule has 0 bridgehead atoms. The Hall–Kier alpha value is -4.55. The lowest BCUT2D eigenvalue weighted by Gasteiger charge is -2.30. The predicted octanol–water partition coefficient (Wildman–Crippen LogP) is 3.64. The third-order valence-electron chi connectivity index (χ3n) is 6.43. The van der Waals surface area contributed by atoms with Gasteiger partial charge in [-0.15, -0.1) is 0 Å². The van der Waals surface area contributed by atoms with Crippen LogP contribution in [-0.2, 0) is 14.4 Å². The molecule has 5 rings (SSSR count). The maximum absolute atomic E-state index is 13.8. The van der Waals surface area contributed by atoms with Crippen molar-refractivity contribution in [1.29, 1.82) is 5.26 Å². The Balaban J connectivity index is 1.64. The second-order valence-electron chi connectivity index (χ2n) is 8.25. The molecule has 36 heavy (non-hydrogen) atoms. The van der Waals surface area contributed by atoms with Gasteiger partial charge in [0.2, 0.25) is 11.7 Å². The fourth-order valence-electron chi connectivity index (χ4n) is 4.83. The fourth-order valence-corrected chi connectivity index (χ4v) is 4.83. The number of ether oxygens (including phenoxy) is 3. The van der Waals surface area contributed by atoms with E-state index in [9.17, 15) is 9.59 Å². The van der Waals surface area contributed by atoms with Gasteiger partial charge in [-0.1, -0.05) is 18.2 Å². The number of hydrogen-bond donors (Lipinski definition) is 0. The molecule has 9 heteroatoms. The number of nitrogens with zero attached hydrogens (tertiary/aromatic N) is 3. The number of benzene rings is 3. The molecule has 2 aliphatic rings. The van der Waals surface area contributed by atoms with Crippen LogP contribution in [0.1, 0.15) is 17.2 Å². The zero-order chi connectivity index (χ0) is 25.4. The van der Waals surface area contributed by atoms with Gasteiger partial charge in [0.1, 0.15) is 12.0 Å². The summed E-state index contributed by atoms with van der Waals surface area (Å²) in [7, 11) is 4.53. The van der Waals surface area contributed by atoms with E-state index in [1.54, 1.807) is 41.5 Å². The molecule has 2 amide bonds. The Bertz CT molecular complexity index is 1350. The van der Waals surface area contributed by atoms with Crippen LogP contribution in [0.5, 0.6) is 17.2 Å². The molecule has 3 atom stereocenters. The van der Waals surface area contributed by atoms with Crippen LogP contribution in [0.3, 0.4) is 0 Å². The molecule has 0 spiro atoms. The summed E-state index contributed by atoms with van der Waals surface area (Å²) in [6.07, 6.45) is -1.05. The molecule has 3 aromatic carbocycles. The largest absolute Gasteiger partial charge is 0.493 e. The smallest absolute Gasteiger partial charge is 0.266 e. The summed E-state index contributed by atoms with van der Waals surface area (Å²) in [5.74, 6) is -0.528. The van der Waals surface area contributed by atoms with E-state index in [1.807, 2.05) is 36.4 Å². The summed E-state index contributed by atoms with van der Waals surface area (Å²) in [6, 6.07) is 20.4. The molecule has 0 radical (unpaired) electrons. The van der Waals surface area contributed by atoms with Crippen LogP contribution in [0.2, 0.25) is 0 Å². The zero-order valence-corrected chi connectivity index (χ0v) is 19.9. The number of fused-ring (bicyclic) bond motifs is 1.